The number of fused-ring (bicyclic) bond motifs is 1. The fraction of sp³-hybridized carbons (Fsp3) is 0.150. The summed E-state index contributed by atoms with van der Waals surface area (Å²) in [5.41, 5.74) is 4.65. The van der Waals surface area contributed by atoms with E-state index in [2.05, 4.69) is 9.97 Å². The van der Waals surface area contributed by atoms with Crippen LogP contribution in [0.5, 0.6) is 11.5 Å². The highest BCUT2D eigenvalue weighted by atomic mass is 19.1. The first kappa shape index (κ1) is 17.0. The Morgan fingerprint density at radius 2 is 1.70 bits per heavy atom. The van der Waals surface area contributed by atoms with Crippen molar-refractivity contribution < 1.29 is 13.9 Å². The second kappa shape index (κ2) is 6.68. The highest BCUT2D eigenvalue weighted by Crippen LogP contribution is 2.32. The molecule has 0 saturated carbocycles. The molecule has 3 aromatic heterocycles. The average molecular weight is 364 g/mol. The monoisotopic (exact) mass is 364 g/mol. The van der Waals surface area contributed by atoms with Gasteiger partial charge in [0, 0.05) is 17.3 Å². The van der Waals surface area contributed by atoms with Gasteiger partial charge >= 0.3 is 0 Å². The Balaban J connectivity index is 1.87. The van der Waals surface area contributed by atoms with E-state index in [-0.39, 0.29) is 0 Å². The standard InChI is InChI=1S/C20H17FN4O2/c1-12-20(14-5-8-18(21)22-11-14)25-19(23-12)9-6-15(24-25)13-4-7-16(26-2)17(10-13)27-3/h4-11H,1-3H3. The van der Waals surface area contributed by atoms with Crippen LogP contribution in [0.4, 0.5) is 4.39 Å². The number of aryl methyl sites for hydroxylation is 1. The second-order valence-electron chi connectivity index (χ2n) is 5.97. The van der Waals surface area contributed by atoms with Gasteiger partial charge in [0.1, 0.15) is 0 Å². The Hall–Kier alpha value is -3.48. The molecule has 0 radical (unpaired) electrons. The number of benzene rings is 1. The second-order valence-corrected chi connectivity index (χ2v) is 5.97. The minimum Gasteiger partial charge on any atom is -0.493 e. The van der Waals surface area contributed by atoms with Gasteiger partial charge in [-0.1, -0.05) is 0 Å². The van der Waals surface area contributed by atoms with Crippen molar-refractivity contribution in [1.29, 1.82) is 0 Å². The van der Waals surface area contributed by atoms with E-state index >= 15 is 0 Å². The number of ether oxygens (including phenoxy) is 2. The molecule has 0 fully saturated rings. The van der Waals surface area contributed by atoms with Crippen molar-refractivity contribution >= 4 is 5.65 Å². The van der Waals surface area contributed by atoms with Crippen LogP contribution in [0.2, 0.25) is 0 Å². The van der Waals surface area contributed by atoms with Gasteiger partial charge in [0.15, 0.2) is 17.1 Å². The van der Waals surface area contributed by atoms with Crippen molar-refractivity contribution in [3.8, 4) is 34.0 Å². The number of imidazole rings is 1. The molecule has 0 aliphatic heterocycles. The number of aromatic nitrogens is 4. The SMILES string of the molecule is COc1ccc(-c2ccc3nc(C)c(-c4ccc(F)nc4)n3n2)cc1OC. The van der Waals surface area contributed by atoms with Crippen LogP contribution in [0.15, 0.2) is 48.7 Å². The fourth-order valence-corrected chi connectivity index (χ4v) is 3.04. The van der Waals surface area contributed by atoms with Crippen molar-refractivity contribution in [3.63, 3.8) is 0 Å². The van der Waals surface area contributed by atoms with Crippen LogP contribution in [0.1, 0.15) is 5.69 Å². The molecule has 0 aliphatic carbocycles. The van der Waals surface area contributed by atoms with E-state index in [0.717, 1.165) is 28.2 Å². The van der Waals surface area contributed by atoms with Gasteiger partial charge in [0.05, 0.1) is 31.3 Å². The summed E-state index contributed by atoms with van der Waals surface area (Å²) in [5, 5.41) is 4.73. The number of methoxy groups -OCH3 is 2. The minimum atomic E-state index is -0.524. The summed E-state index contributed by atoms with van der Waals surface area (Å²) in [5.74, 6) is 0.754. The third-order valence-electron chi connectivity index (χ3n) is 4.33. The van der Waals surface area contributed by atoms with E-state index in [9.17, 15) is 4.39 Å². The first-order valence-corrected chi connectivity index (χ1v) is 8.31. The Morgan fingerprint density at radius 1 is 0.926 bits per heavy atom. The molecule has 0 spiro atoms. The number of rotatable bonds is 4. The van der Waals surface area contributed by atoms with Crippen LogP contribution in [-0.4, -0.2) is 33.8 Å². The lowest BCUT2D eigenvalue weighted by Gasteiger charge is -2.10. The van der Waals surface area contributed by atoms with Crippen LogP contribution in [0.25, 0.3) is 28.2 Å². The zero-order valence-corrected chi connectivity index (χ0v) is 15.1. The van der Waals surface area contributed by atoms with Gasteiger partial charge < -0.3 is 9.47 Å². The van der Waals surface area contributed by atoms with Gasteiger partial charge in [-0.15, -0.1) is 0 Å². The van der Waals surface area contributed by atoms with Crippen molar-refractivity contribution in [3.05, 3.63) is 60.3 Å². The van der Waals surface area contributed by atoms with Gasteiger partial charge in [0.25, 0.3) is 0 Å². The molecule has 1 aromatic carbocycles. The number of nitrogens with zero attached hydrogens (tertiary/aromatic N) is 4. The van der Waals surface area contributed by atoms with Crippen LogP contribution >= 0.6 is 0 Å². The molecule has 3 heterocycles. The number of hydrogen-bond donors (Lipinski definition) is 0. The number of halogens is 1. The summed E-state index contributed by atoms with van der Waals surface area (Å²) in [4.78, 5) is 8.28. The number of pyridine rings is 1. The lowest BCUT2D eigenvalue weighted by Crippen LogP contribution is -1.98. The molecule has 0 atom stereocenters. The normalized spacial score (nSPS) is 11.0. The largest absolute Gasteiger partial charge is 0.493 e. The predicted molar refractivity (Wildman–Crippen MR) is 99.5 cm³/mol. The van der Waals surface area contributed by atoms with E-state index < -0.39 is 5.95 Å². The van der Waals surface area contributed by atoms with Gasteiger partial charge in [-0.3, -0.25) is 0 Å². The fourth-order valence-electron chi connectivity index (χ4n) is 3.04. The Labute approximate surface area is 155 Å². The summed E-state index contributed by atoms with van der Waals surface area (Å²) >= 11 is 0. The van der Waals surface area contributed by atoms with Crippen LogP contribution in [-0.2, 0) is 0 Å². The molecule has 0 bridgehead atoms. The maximum Gasteiger partial charge on any atom is 0.212 e. The Kier molecular flexibility index (Phi) is 4.19. The van der Waals surface area contributed by atoms with Crippen molar-refractivity contribution in [2.45, 2.75) is 6.92 Å². The summed E-state index contributed by atoms with van der Waals surface area (Å²) in [7, 11) is 3.19. The molecule has 4 aromatic rings. The molecule has 0 N–H and O–H groups in total. The molecule has 4 rings (SSSR count). The Bertz CT molecular complexity index is 1120. The van der Waals surface area contributed by atoms with Crippen LogP contribution in [0, 0.1) is 12.9 Å². The Morgan fingerprint density at radius 3 is 2.41 bits per heavy atom. The topological polar surface area (TPSA) is 61.5 Å². The molecule has 136 valence electrons. The molecule has 0 amide bonds. The van der Waals surface area contributed by atoms with E-state index in [1.54, 1.807) is 24.8 Å². The molecular weight excluding hydrogens is 347 g/mol. The van der Waals surface area contributed by atoms with Crippen LogP contribution in [0.3, 0.4) is 0 Å². The average Bonchev–Trinajstić information content (AvgIpc) is 3.03. The lowest BCUT2D eigenvalue weighted by atomic mass is 10.1. The van der Waals surface area contributed by atoms with Crippen molar-refractivity contribution in [2.24, 2.45) is 0 Å². The van der Waals surface area contributed by atoms with Crippen LogP contribution < -0.4 is 9.47 Å². The lowest BCUT2D eigenvalue weighted by molar-refractivity contribution is 0.355. The van der Waals surface area contributed by atoms with Crippen molar-refractivity contribution in [2.75, 3.05) is 14.2 Å². The molecule has 0 aliphatic rings. The van der Waals surface area contributed by atoms with Crippen molar-refractivity contribution in [1.82, 2.24) is 19.6 Å². The zero-order valence-electron chi connectivity index (χ0n) is 15.1. The van der Waals surface area contributed by atoms with Gasteiger partial charge in [-0.25, -0.2) is 14.5 Å². The predicted octanol–water partition coefficient (Wildman–Crippen LogP) is 3.92. The summed E-state index contributed by atoms with van der Waals surface area (Å²) in [6.07, 6.45) is 1.48. The maximum atomic E-state index is 13.2. The van der Waals surface area contributed by atoms with E-state index in [1.807, 2.05) is 37.3 Å². The van der Waals surface area contributed by atoms with Gasteiger partial charge in [-0.05, 0) is 49.4 Å². The molecule has 0 unspecified atom stereocenters. The molecule has 7 heteroatoms. The summed E-state index contributed by atoms with van der Waals surface area (Å²) in [6, 6.07) is 12.4. The first-order chi connectivity index (χ1) is 13.1. The molecule has 27 heavy (non-hydrogen) atoms. The maximum absolute atomic E-state index is 13.2. The van der Waals surface area contributed by atoms with E-state index in [0.29, 0.717) is 17.1 Å². The minimum absolute atomic E-state index is 0.524. The highest BCUT2D eigenvalue weighted by Gasteiger charge is 2.14. The smallest absolute Gasteiger partial charge is 0.212 e. The summed E-state index contributed by atoms with van der Waals surface area (Å²) < 4.78 is 25.6. The quantitative estimate of drug-likeness (QED) is 0.514. The first-order valence-electron chi connectivity index (χ1n) is 8.31. The summed E-state index contributed by atoms with van der Waals surface area (Å²) in [6.45, 7) is 1.89. The zero-order chi connectivity index (χ0) is 19.0. The van der Waals surface area contributed by atoms with E-state index in [4.69, 9.17) is 14.6 Å². The van der Waals surface area contributed by atoms with Gasteiger partial charge in [0.2, 0.25) is 5.95 Å². The third kappa shape index (κ3) is 2.97. The third-order valence-corrected chi connectivity index (χ3v) is 4.33. The highest BCUT2D eigenvalue weighted by molar-refractivity contribution is 5.69. The number of hydrogen-bond acceptors (Lipinski definition) is 5. The molecule has 6 nitrogen and oxygen atoms in total. The van der Waals surface area contributed by atoms with E-state index in [1.165, 1.54) is 12.3 Å². The molecule has 0 saturated heterocycles. The molecular formula is C20H17FN4O2. The van der Waals surface area contributed by atoms with Gasteiger partial charge in [-0.2, -0.15) is 9.49 Å².